The van der Waals surface area contributed by atoms with Crippen LogP contribution in [-0.4, -0.2) is 4.98 Å². The number of rotatable bonds is 2. The van der Waals surface area contributed by atoms with Crippen LogP contribution < -0.4 is 5.73 Å². The van der Waals surface area contributed by atoms with E-state index in [1.54, 1.807) is 0 Å². The first-order chi connectivity index (χ1) is 5.78. The first-order valence-corrected chi connectivity index (χ1v) is 4.08. The van der Waals surface area contributed by atoms with Gasteiger partial charge in [0, 0.05) is 18.4 Å². The predicted molar refractivity (Wildman–Crippen MR) is 45.0 cm³/mol. The second-order valence-electron chi connectivity index (χ2n) is 3.39. The summed E-state index contributed by atoms with van der Waals surface area (Å²) in [6.07, 6.45) is 5.58. The fourth-order valence-corrected chi connectivity index (χ4v) is 1.48. The zero-order chi connectivity index (χ0) is 8.60. The maximum absolute atomic E-state index is 8.89. The first kappa shape index (κ1) is 7.38. The van der Waals surface area contributed by atoms with Gasteiger partial charge in [0.1, 0.15) is 0 Å². The molecule has 0 radical (unpaired) electrons. The molecule has 1 aliphatic carbocycles. The Bertz CT molecular complexity index is 303. The lowest BCUT2D eigenvalue weighted by Gasteiger charge is -2.14. The van der Waals surface area contributed by atoms with Gasteiger partial charge in [-0.05, 0) is 24.5 Å². The first-order valence-electron chi connectivity index (χ1n) is 4.08. The third-order valence-corrected chi connectivity index (χ3v) is 2.59. The summed E-state index contributed by atoms with van der Waals surface area (Å²) in [5, 5.41) is 8.89. The van der Waals surface area contributed by atoms with Crippen LogP contribution in [-0.2, 0) is 0 Å². The molecule has 0 aromatic carbocycles. The second kappa shape index (κ2) is 2.36. The fraction of sp³-hybridized carbons (Fsp3) is 0.444. The van der Waals surface area contributed by atoms with Crippen molar-refractivity contribution < 1.29 is 0 Å². The number of H-pyrrole nitrogens is 1. The molecule has 1 aliphatic rings. The molecule has 62 valence electrons. The second-order valence-corrected chi connectivity index (χ2v) is 3.39. The van der Waals surface area contributed by atoms with Crippen LogP contribution in [0.3, 0.4) is 0 Å². The molecular weight excluding hydrogens is 150 g/mol. The molecule has 3 N–H and O–H groups in total. The van der Waals surface area contributed by atoms with Gasteiger partial charge >= 0.3 is 0 Å². The Morgan fingerprint density at radius 2 is 2.42 bits per heavy atom. The molecule has 0 spiro atoms. The molecule has 12 heavy (non-hydrogen) atoms. The van der Waals surface area contributed by atoms with E-state index in [0.717, 1.165) is 18.4 Å². The molecule has 1 atom stereocenters. The van der Waals surface area contributed by atoms with Crippen LogP contribution >= 0.6 is 0 Å². The van der Waals surface area contributed by atoms with Crippen molar-refractivity contribution in [3.05, 3.63) is 24.0 Å². The van der Waals surface area contributed by atoms with Gasteiger partial charge in [-0.2, -0.15) is 5.26 Å². The summed E-state index contributed by atoms with van der Waals surface area (Å²) in [6.45, 7) is 0. The van der Waals surface area contributed by atoms with Gasteiger partial charge in [-0.1, -0.05) is 0 Å². The molecule has 1 heterocycles. The number of nitriles is 1. The minimum Gasteiger partial charge on any atom is -0.367 e. The van der Waals surface area contributed by atoms with Gasteiger partial charge in [0.15, 0.2) is 0 Å². The van der Waals surface area contributed by atoms with Gasteiger partial charge in [0.2, 0.25) is 0 Å². The molecule has 1 saturated carbocycles. The average molecular weight is 161 g/mol. The maximum Gasteiger partial charge on any atom is 0.0767 e. The summed E-state index contributed by atoms with van der Waals surface area (Å²) in [7, 11) is 0. The highest BCUT2D eigenvalue weighted by molar-refractivity contribution is 5.26. The summed E-state index contributed by atoms with van der Waals surface area (Å²) < 4.78 is 0. The Balaban J connectivity index is 2.22. The third kappa shape index (κ3) is 0.926. The number of nitrogens with two attached hydrogens (primary N) is 1. The van der Waals surface area contributed by atoms with Crippen molar-refractivity contribution in [3.63, 3.8) is 0 Å². The predicted octanol–water partition coefficient (Wildman–Crippen LogP) is 1.32. The van der Waals surface area contributed by atoms with Crippen LogP contribution in [0.4, 0.5) is 0 Å². The minimum atomic E-state index is -0.262. The number of aromatic nitrogens is 1. The van der Waals surface area contributed by atoms with Crippen molar-refractivity contribution in [1.82, 2.24) is 4.98 Å². The van der Waals surface area contributed by atoms with Crippen LogP contribution in [0.25, 0.3) is 0 Å². The highest BCUT2D eigenvalue weighted by Crippen LogP contribution is 2.53. The van der Waals surface area contributed by atoms with Crippen molar-refractivity contribution in [2.45, 2.75) is 18.9 Å². The van der Waals surface area contributed by atoms with Gasteiger partial charge in [0.25, 0.3) is 0 Å². The van der Waals surface area contributed by atoms with Gasteiger partial charge in [0.05, 0.1) is 11.5 Å². The van der Waals surface area contributed by atoms with Gasteiger partial charge < -0.3 is 10.7 Å². The lowest BCUT2D eigenvalue weighted by molar-refractivity contribution is 0.520. The van der Waals surface area contributed by atoms with E-state index in [1.807, 2.05) is 18.5 Å². The highest BCUT2D eigenvalue weighted by atomic mass is 14.8. The zero-order valence-electron chi connectivity index (χ0n) is 6.75. The Hall–Kier alpha value is -1.27. The molecular formula is C9H11N3. The van der Waals surface area contributed by atoms with E-state index < -0.39 is 0 Å². The molecule has 3 heteroatoms. The molecule has 3 nitrogen and oxygen atoms in total. The standard InChI is InChI=1S/C9H11N3/c10-6-9(2-3-9)8(11)7-1-4-12-5-7/h1,4-5,8,12H,2-3,11H2. The summed E-state index contributed by atoms with van der Waals surface area (Å²) >= 11 is 0. The van der Waals surface area contributed by atoms with Crippen molar-refractivity contribution >= 4 is 0 Å². The Labute approximate surface area is 71.2 Å². The lowest BCUT2D eigenvalue weighted by atomic mass is 9.94. The van der Waals surface area contributed by atoms with Crippen LogP contribution in [0.5, 0.6) is 0 Å². The van der Waals surface area contributed by atoms with E-state index >= 15 is 0 Å². The Morgan fingerprint density at radius 1 is 1.67 bits per heavy atom. The molecule has 1 aromatic rings. The fourth-order valence-electron chi connectivity index (χ4n) is 1.48. The quantitative estimate of drug-likeness (QED) is 0.687. The van der Waals surface area contributed by atoms with Crippen LogP contribution in [0.15, 0.2) is 18.5 Å². The number of nitrogens with zero attached hydrogens (tertiary/aromatic N) is 1. The number of aromatic amines is 1. The summed E-state index contributed by atoms with van der Waals surface area (Å²) in [5.41, 5.74) is 6.72. The van der Waals surface area contributed by atoms with Gasteiger partial charge in [-0.3, -0.25) is 0 Å². The average Bonchev–Trinajstić information content (AvgIpc) is 2.71. The molecule has 0 amide bonds. The molecule has 2 rings (SSSR count). The monoisotopic (exact) mass is 161 g/mol. The lowest BCUT2D eigenvalue weighted by Crippen LogP contribution is -2.20. The molecule has 0 aliphatic heterocycles. The minimum absolute atomic E-state index is 0.117. The van der Waals surface area contributed by atoms with Crippen molar-refractivity contribution in [2.24, 2.45) is 11.1 Å². The smallest absolute Gasteiger partial charge is 0.0767 e. The van der Waals surface area contributed by atoms with Gasteiger partial charge in [-0.15, -0.1) is 0 Å². The summed E-state index contributed by atoms with van der Waals surface area (Å²) in [5.74, 6) is 0. The largest absolute Gasteiger partial charge is 0.367 e. The van der Waals surface area contributed by atoms with Crippen LogP contribution in [0.1, 0.15) is 24.4 Å². The summed E-state index contributed by atoms with van der Waals surface area (Å²) in [6, 6.07) is 4.12. The molecule has 0 bridgehead atoms. The van der Waals surface area contributed by atoms with E-state index in [1.165, 1.54) is 0 Å². The molecule has 0 saturated heterocycles. The Kier molecular flexibility index (Phi) is 1.45. The van der Waals surface area contributed by atoms with E-state index in [0.29, 0.717) is 0 Å². The Morgan fingerprint density at radius 3 is 2.83 bits per heavy atom. The maximum atomic E-state index is 8.89. The molecule has 1 unspecified atom stereocenters. The van der Waals surface area contributed by atoms with Crippen molar-refractivity contribution in [1.29, 1.82) is 5.26 Å². The highest BCUT2D eigenvalue weighted by Gasteiger charge is 2.49. The summed E-state index contributed by atoms with van der Waals surface area (Å²) in [4.78, 5) is 2.95. The number of hydrogen-bond donors (Lipinski definition) is 2. The van der Waals surface area contributed by atoms with Crippen LogP contribution in [0.2, 0.25) is 0 Å². The molecule has 1 aromatic heterocycles. The molecule has 1 fully saturated rings. The number of nitrogens with one attached hydrogen (secondary N) is 1. The topological polar surface area (TPSA) is 65.6 Å². The van der Waals surface area contributed by atoms with E-state index in [9.17, 15) is 0 Å². The van der Waals surface area contributed by atoms with E-state index in [2.05, 4.69) is 11.1 Å². The van der Waals surface area contributed by atoms with E-state index in [-0.39, 0.29) is 11.5 Å². The zero-order valence-corrected chi connectivity index (χ0v) is 6.75. The van der Waals surface area contributed by atoms with Gasteiger partial charge in [-0.25, -0.2) is 0 Å². The van der Waals surface area contributed by atoms with Crippen molar-refractivity contribution in [3.8, 4) is 6.07 Å². The normalized spacial score (nSPS) is 21.3. The SMILES string of the molecule is N#CC1(C(N)c2cc[nH]c2)CC1. The third-order valence-electron chi connectivity index (χ3n) is 2.59. The van der Waals surface area contributed by atoms with Crippen molar-refractivity contribution in [2.75, 3.05) is 0 Å². The van der Waals surface area contributed by atoms with E-state index in [4.69, 9.17) is 11.0 Å². The number of hydrogen-bond acceptors (Lipinski definition) is 2. The van der Waals surface area contributed by atoms with Crippen LogP contribution in [0, 0.1) is 16.7 Å².